The topological polar surface area (TPSA) is 76.2 Å². The van der Waals surface area contributed by atoms with Crippen LogP contribution in [0.5, 0.6) is 0 Å². The Bertz CT molecular complexity index is 608. The third-order valence-electron chi connectivity index (χ3n) is 3.31. The van der Waals surface area contributed by atoms with E-state index in [1.54, 1.807) is 0 Å². The van der Waals surface area contributed by atoms with Crippen molar-refractivity contribution in [1.29, 1.82) is 0 Å². The highest BCUT2D eigenvalue weighted by Gasteiger charge is 2.20. The summed E-state index contributed by atoms with van der Waals surface area (Å²) in [4.78, 5) is 15.4. The molecule has 1 aromatic heterocycles. The molecule has 3 N–H and O–H groups in total. The number of aliphatic carboxylic acids is 1. The van der Waals surface area contributed by atoms with E-state index in [0.29, 0.717) is 0 Å². The minimum Gasteiger partial charge on any atom is -0.481 e. The quantitative estimate of drug-likeness (QED) is 0.883. The summed E-state index contributed by atoms with van der Waals surface area (Å²) in [7, 11) is 0. The molecule has 2 unspecified atom stereocenters. The van der Waals surface area contributed by atoms with Crippen LogP contribution in [-0.2, 0) is 4.79 Å². The summed E-state index contributed by atoms with van der Waals surface area (Å²) < 4.78 is 0. The first-order valence-electron chi connectivity index (χ1n) is 6.32. The Morgan fingerprint density at radius 1 is 1.37 bits per heavy atom. The monoisotopic (exact) mass is 258 g/mol. The SMILES string of the molecule is Cc1ccc2cc(C(CC(=O)O)C(C)N)ccc2n1. The van der Waals surface area contributed by atoms with Crippen molar-refractivity contribution in [3.63, 3.8) is 0 Å². The minimum atomic E-state index is -0.829. The van der Waals surface area contributed by atoms with Gasteiger partial charge in [-0.3, -0.25) is 9.78 Å². The lowest BCUT2D eigenvalue weighted by Gasteiger charge is -2.19. The number of hydrogen-bond acceptors (Lipinski definition) is 3. The number of carboxylic acid groups (broad SMARTS) is 1. The standard InChI is InChI=1S/C15H18N2O2/c1-9-3-4-12-7-11(5-6-14(12)17-9)13(10(2)16)8-15(18)19/h3-7,10,13H,8,16H2,1-2H3,(H,18,19). The summed E-state index contributed by atoms with van der Waals surface area (Å²) in [5, 5.41) is 9.99. The molecule has 100 valence electrons. The van der Waals surface area contributed by atoms with E-state index >= 15 is 0 Å². The molecule has 1 heterocycles. The number of nitrogens with two attached hydrogens (primary N) is 1. The van der Waals surface area contributed by atoms with Gasteiger partial charge in [0.15, 0.2) is 0 Å². The number of pyridine rings is 1. The van der Waals surface area contributed by atoms with Gasteiger partial charge in [0.2, 0.25) is 0 Å². The molecule has 0 aliphatic carbocycles. The first-order chi connectivity index (χ1) is 8.97. The molecule has 0 fully saturated rings. The third-order valence-corrected chi connectivity index (χ3v) is 3.31. The van der Waals surface area contributed by atoms with Crippen LogP contribution in [0.4, 0.5) is 0 Å². The van der Waals surface area contributed by atoms with E-state index < -0.39 is 5.97 Å². The number of rotatable bonds is 4. The molecule has 0 bridgehead atoms. The van der Waals surface area contributed by atoms with Gasteiger partial charge in [-0.15, -0.1) is 0 Å². The smallest absolute Gasteiger partial charge is 0.304 e. The average molecular weight is 258 g/mol. The first-order valence-corrected chi connectivity index (χ1v) is 6.32. The Morgan fingerprint density at radius 3 is 2.74 bits per heavy atom. The van der Waals surface area contributed by atoms with Crippen molar-refractivity contribution in [2.24, 2.45) is 5.73 Å². The van der Waals surface area contributed by atoms with E-state index in [1.165, 1.54) is 0 Å². The second-order valence-corrected chi connectivity index (χ2v) is 4.97. The maximum Gasteiger partial charge on any atom is 0.304 e. The number of nitrogens with zero attached hydrogens (tertiary/aromatic N) is 1. The lowest BCUT2D eigenvalue weighted by molar-refractivity contribution is -0.137. The van der Waals surface area contributed by atoms with Crippen molar-refractivity contribution < 1.29 is 9.90 Å². The van der Waals surface area contributed by atoms with Crippen LogP contribution in [0, 0.1) is 6.92 Å². The Morgan fingerprint density at radius 2 is 2.11 bits per heavy atom. The van der Waals surface area contributed by atoms with Crippen LogP contribution in [0.3, 0.4) is 0 Å². The molecular weight excluding hydrogens is 240 g/mol. The van der Waals surface area contributed by atoms with Crippen LogP contribution >= 0.6 is 0 Å². The molecule has 0 aliphatic rings. The zero-order chi connectivity index (χ0) is 14.0. The molecule has 0 saturated heterocycles. The van der Waals surface area contributed by atoms with Gasteiger partial charge in [-0.25, -0.2) is 0 Å². The average Bonchev–Trinajstić information content (AvgIpc) is 2.35. The van der Waals surface area contributed by atoms with E-state index in [0.717, 1.165) is 22.2 Å². The van der Waals surface area contributed by atoms with Gasteiger partial charge < -0.3 is 10.8 Å². The highest BCUT2D eigenvalue weighted by atomic mass is 16.4. The van der Waals surface area contributed by atoms with Gasteiger partial charge in [0.05, 0.1) is 11.9 Å². The van der Waals surface area contributed by atoms with Crippen molar-refractivity contribution >= 4 is 16.9 Å². The maximum atomic E-state index is 10.9. The predicted octanol–water partition coefficient (Wildman–Crippen LogP) is 2.45. The Kier molecular flexibility index (Phi) is 3.81. The molecule has 2 aromatic rings. The predicted molar refractivity (Wildman–Crippen MR) is 75.1 cm³/mol. The zero-order valence-corrected chi connectivity index (χ0v) is 11.1. The fourth-order valence-corrected chi connectivity index (χ4v) is 2.27. The molecular formula is C15H18N2O2. The number of carboxylic acids is 1. The normalized spacial score (nSPS) is 14.3. The van der Waals surface area contributed by atoms with E-state index in [-0.39, 0.29) is 18.4 Å². The summed E-state index contributed by atoms with van der Waals surface area (Å²) in [5.74, 6) is -1.01. The van der Waals surface area contributed by atoms with E-state index in [4.69, 9.17) is 10.8 Å². The number of hydrogen-bond donors (Lipinski definition) is 2. The largest absolute Gasteiger partial charge is 0.481 e. The number of carbonyl (C=O) groups is 1. The van der Waals surface area contributed by atoms with Gasteiger partial charge in [0.25, 0.3) is 0 Å². The van der Waals surface area contributed by atoms with Crippen LogP contribution in [0.15, 0.2) is 30.3 Å². The number of fused-ring (bicyclic) bond motifs is 1. The van der Waals surface area contributed by atoms with Crippen molar-refractivity contribution in [1.82, 2.24) is 4.98 Å². The fourth-order valence-electron chi connectivity index (χ4n) is 2.27. The van der Waals surface area contributed by atoms with Crippen LogP contribution in [0.25, 0.3) is 10.9 Å². The van der Waals surface area contributed by atoms with Crippen LogP contribution in [0.1, 0.15) is 30.5 Å². The van der Waals surface area contributed by atoms with Crippen molar-refractivity contribution in [2.75, 3.05) is 0 Å². The molecule has 0 spiro atoms. The van der Waals surface area contributed by atoms with Crippen molar-refractivity contribution in [3.05, 3.63) is 41.6 Å². The minimum absolute atomic E-state index is 0.0441. The summed E-state index contributed by atoms with van der Waals surface area (Å²) in [6.07, 6.45) is 0.0441. The third kappa shape index (κ3) is 3.09. The molecule has 1 aromatic carbocycles. The first kappa shape index (κ1) is 13.5. The van der Waals surface area contributed by atoms with Crippen LogP contribution < -0.4 is 5.73 Å². The molecule has 19 heavy (non-hydrogen) atoms. The summed E-state index contributed by atoms with van der Waals surface area (Å²) in [5.41, 5.74) is 8.75. The zero-order valence-electron chi connectivity index (χ0n) is 11.1. The van der Waals surface area contributed by atoms with Gasteiger partial charge in [0.1, 0.15) is 0 Å². The van der Waals surface area contributed by atoms with E-state index in [2.05, 4.69) is 4.98 Å². The highest BCUT2D eigenvalue weighted by Crippen LogP contribution is 2.26. The number of benzene rings is 1. The van der Waals surface area contributed by atoms with Gasteiger partial charge in [-0.2, -0.15) is 0 Å². The molecule has 2 rings (SSSR count). The van der Waals surface area contributed by atoms with E-state index in [1.807, 2.05) is 44.2 Å². The Balaban J connectivity index is 2.43. The number of aryl methyl sites for hydroxylation is 1. The van der Waals surface area contributed by atoms with Gasteiger partial charge in [-0.05, 0) is 37.6 Å². The molecule has 4 heteroatoms. The van der Waals surface area contributed by atoms with E-state index in [9.17, 15) is 4.79 Å². The highest BCUT2D eigenvalue weighted by molar-refractivity contribution is 5.80. The fraction of sp³-hybridized carbons (Fsp3) is 0.333. The second kappa shape index (κ2) is 5.36. The number of aromatic nitrogens is 1. The second-order valence-electron chi connectivity index (χ2n) is 4.97. The molecule has 4 nitrogen and oxygen atoms in total. The lowest BCUT2D eigenvalue weighted by atomic mass is 9.89. The summed E-state index contributed by atoms with van der Waals surface area (Å²) in [6.45, 7) is 3.79. The maximum absolute atomic E-state index is 10.9. The van der Waals surface area contributed by atoms with Gasteiger partial charge in [-0.1, -0.05) is 12.1 Å². The molecule has 0 amide bonds. The van der Waals surface area contributed by atoms with Crippen LogP contribution in [0.2, 0.25) is 0 Å². The Labute approximate surface area is 112 Å². The Hall–Kier alpha value is -1.94. The van der Waals surface area contributed by atoms with Crippen LogP contribution in [-0.4, -0.2) is 22.1 Å². The van der Waals surface area contributed by atoms with Gasteiger partial charge in [0, 0.05) is 23.0 Å². The van der Waals surface area contributed by atoms with Gasteiger partial charge >= 0.3 is 5.97 Å². The van der Waals surface area contributed by atoms with Crippen molar-refractivity contribution in [2.45, 2.75) is 32.2 Å². The van der Waals surface area contributed by atoms with Crippen molar-refractivity contribution in [3.8, 4) is 0 Å². The lowest BCUT2D eigenvalue weighted by Crippen LogP contribution is -2.26. The summed E-state index contributed by atoms with van der Waals surface area (Å²) >= 11 is 0. The molecule has 0 saturated carbocycles. The summed E-state index contributed by atoms with van der Waals surface area (Å²) in [6, 6.07) is 9.58. The molecule has 0 radical (unpaired) electrons. The molecule has 0 aliphatic heterocycles. The molecule has 2 atom stereocenters.